The standard InChI is InChI=1S/C20H22N4O3/c1-12-8-6-7-9-18(12)23-13(2)10-17(15(23)4)19(25)11-22-16(5)20(24(26)27)14(3)21-22/h6-10H,11H2,1-5H3. The van der Waals surface area contributed by atoms with Crippen LogP contribution >= 0.6 is 0 Å². The monoisotopic (exact) mass is 366 g/mol. The van der Waals surface area contributed by atoms with Gasteiger partial charge in [0.2, 0.25) is 0 Å². The van der Waals surface area contributed by atoms with E-state index in [4.69, 9.17) is 0 Å². The minimum absolute atomic E-state index is 0.0292. The number of hydrogen-bond acceptors (Lipinski definition) is 4. The lowest BCUT2D eigenvalue weighted by molar-refractivity contribution is -0.386. The maximum absolute atomic E-state index is 12.9. The molecule has 0 aliphatic heterocycles. The van der Waals surface area contributed by atoms with Crippen molar-refractivity contribution in [1.82, 2.24) is 14.3 Å². The third kappa shape index (κ3) is 3.16. The van der Waals surface area contributed by atoms with Gasteiger partial charge in [-0.05, 0) is 52.3 Å². The zero-order valence-corrected chi connectivity index (χ0v) is 16.1. The van der Waals surface area contributed by atoms with E-state index < -0.39 is 4.92 Å². The largest absolute Gasteiger partial charge is 0.317 e. The van der Waals surface area contributed by atoms with Gasteiger partial charge in [-0.1, -0.05) is 18.2 Å². The van der Waals surface area contributed by atoms with Gasteiger partial charge in [0.15, 0.2) is 5.78 Å². The normalized spacial score (nSPS) is 11.0. The third-order valence-electron chi connectivity index (χ3n) is 4.91. The summed E-state index contributed by atoms with van der Waals surface area (Å²) in [6.45, 7) is 9.07. The van der Waals surface area contributed by atoms with Crippen molar-refractivity contribution in [2.24, 2.45) is 0 Å². The van der Waals surface area contributed by atoms with Gasteiger partial charge >= 0.3 is 5.69 Å². The first-order valence-electron chi connectivity index (χ1n) is 8.69. The Balaban J connectivity index is 1.98. The lowest BCUT2D eigenvalue weighted by atomic mass is 10.1. The van der Waals surface area contributed by atoms with E-state index in [-0.39, 0.29) is 18.0 Å². The molecule has 140 valence electrons. The Morgan fingerprint density at radius 3 is 2.37 bits per heavy atom. The summed E-state index contributed by atoms with van der Waals surface area (Å²) in [6, 6.07) is 9.87. The van der Waals surface area contributed by atoms with Gasteiger partial charge in [0.05, 0.1) is 4.92 Å². The number of aromatic nitrogens is 3. The summed E-state index contributed by atoms with van der Waals surface area (Å²) in [5.74, 6) is -0.122. The minimum atomic E-state index is -0.456. The zero-order valence-electron chi connectivity index (χ0n) is 16.1. The Morgan fingerprint density at radius 2 is 1.78 bits per heavy atom. The minimum Gasteiger partial charge on any atom is -0.317 e. The van der Waals surface area contributed by atoms with Crippen molar-refractivity contribution in [3.8, 4) is 5.69 Å². The van der Waals surface area contributed by atoms with Crippen LogP contribution in [0.3, 0.4) is 0 Å². The van der Waals surface area contributed by atoms with Crippen molar-refractivity contribution < 1.29 is 9.72 Å². The van der Waals surface area contributed by atoms with E-state index in [1.165, 1.54) is 4.68 Å². The molecule has 0 amide bonds. The maximum atomic E-state index is 12.9. The zero-order chi connectivity index (χ0) is 19.9. The van der Waals surface area contributed by atoms with E-state index in [9.17, 15) is 14.9 Å². The second-order valence-electron chi connectivity index (χ2n) is 6.76. The molecule has 7 nitrogen and oxygen atoms in total. The molecule has 0 fully saturated rings. The summed E-state index contributed by atoms with van der Waals surface area (Å²) < 4.78 is 3.47. The Bertz CT molecular complexity index is 1060. The van der Waals surface area contributed by atoms with E-state index in [2.05, 4.69) is 9.67 Å². The summed E-state index contributed by atoms with van der Waals surface area (Å²) in [6.07, 6.45) is 0. The van der Waals surface area contributed by atoms with Crippen molar-refractivity contribution >= 4 is 11.5 Å². The number of para-hydroxylation sites is 1. The molecule has 1 aromatic carbocycles. The summed E-state index contributed by atoms with van der Waals surface area (Å²) in [7, 11) is 0. The molecular weight excluding hydrogens is 344 g/mol. The number of nitro groups is 1. The van der Waals surface area contributed by atoms with Crippen LogP contribution in [0.5, 0.6) is 0 Å². The van der Waals surface area contributed by atoms with Crippen LogP contribution in [0.1, 0.15) is 38.7 Å². The molecule has 0 bridgehead atoms. The van der Waals surface area contributed by atoms with Crippen molar-refractivity contribution in [2.75, 3.05) is 0 Å². The molecule has 27 heavy (non-hydrogen) atoms. The molecule has 2 heterocycles. The van der Waals surface area contributed by atoms with Gasteiger partial charge in [0, 0.05) is 22.6 Å². The second kappa shape index (κ2) is 6.83. The van der Waals surface area contributed by atoms with Gasteiger partial charge in [-0.3, -0.25) is 19.6 Å². The topological polar surface area (TPSA) is 83.0 Å². The highest BCUT2D eigenvalue weighted by Crippen LogP contribution is 2.25. The van der Waals surface area contributed by atoms with Crippen LogP contribution in [0.4, 0.5) is 5.69 Å². The summed E-state index contributed by atoms with van der Waals surface area (Å²) >= 11 is 0. The molecule has 2 aromatic heterocycles. The van der Waals surface area contributed by atoms with Crippen LogP contribution in [0.2, 0.25) is 0 Å². The van der Waals surface area contributed by atoms with E-state index in [1.54, 1.807) is 13.8 Å². The van der Waals surface area contributed by atoms with E-state index in [0.717, 1.165) is 22.6 Å². The fourth-order valence-corrected chi connectivity index (χ4v) is 3.56. The molecule has 0 saturated carbocycles. The quantitative estimate of drug-likeness (QED) is 0.388. The van der Waals surface area contributed by atoms with Gasteiger partial charge in [0.25, 0.3) is 0 Å². The highest BCUT2D eigenvalue weighted by molar-refractivity contribution is 5.97. The molecule has 0 radical (unpaired) electrons. The number of carbonyl (C=O) groups excluding carboxylic acids is 1. The van der Waals surface area contributed by atoms with Crippen LogP contribution in [0.15, 0.2) is 30.3 Å². The molecule has 0 N–H and O–H groups in total. The smallest absolute Gasteiger partial charge is 0.312 e. The third-order valence-corrected chi connectivity index (χ3v) is 4.91. The summed E-state index contributed by atoms with van der Waals surface area (Å²) in [5, 5.41) is 15.3. The number of nitrogens with zero attached hydrogens (tertiary/aromatic N) is 4. The van der Waals surface area contributed by atoms with Crippen molar-refractivity contribution in [3.63, 3.8) is 0 Å². The summed E-state index contributed by atoms with van der Waals surface area (Å²) in [5.41, 5.74) is 5.24. The average Bonchev–Trinajstić information content (AvgIpc) is 3.04. The van der Waals surface area contributed by atoms with Crippen molar-refractivity contribution in [1.29, 1.82) is 0 Å². The first-order chi connectivity index (χ1) is 12.7. The molecule has 0 unspecified atom stereocenters. The molecule has 3 aromatic rings. The molecule has 0 saturated heterocycles. The molecular formula is C20H22N4O3. The van der Waals surface area contributed by atoms with Crippen LogP contribution in [0.25, 0.3) is 5.69 Å². The predicted molar refractivity (Wildman–Crippen MR) is 103 cm³/mol. The molecule has 7 heteroatoms. The first kappa shape index (κ1) is 18.6. The highest BCUT2D eigenvalue weighted by atomic mass is 16.6. The van der Waals surface area contributed by atoms with Gasteiger partial charge in [-0.2, -0.15) is 5.10 Å². The van der Waals surface area contributed by atoms with E-state index in [0.29, 0.717) is 17.0 Å². The predicted octanol–water partition coefficient (Wildman–Crippen LogP) is 4.01. The van der Waals surface area contributed by atoms with Crippen LogP contribution in [-0.4, -0.2) is 25.1 Å². The highest BCUT2D eigenvalue weighted by Gasteiger charge is 2.24. The van der Waals surface area contributed by atoms with Gasteiger partial charge in [0.1, 0.15) is 17.9 Å². The van der Waals surface area contributed by atoms with Crippen LogP contribution < -0.4 is 0 Å². The lowest BCUT2D eigenvalue weighted by Gasteiger charge is -2.12. The Hall–Kier alpha value is -3.22. The molecule has 0 spiro atoms. The fraction of sp³-hybridized carbons (Fsp3) is 0.300. The summed E-state index contributed by atoms with van der Waals surface area (Å²) in [4.78, 5) is 23.6. The van der Waals surface area contributed by atoms with Gasteiger partial charge in [-0.15, -0.1) is 0 Å². The van der Waals surface area contributed by atoms with Crippen molar-refractivity contribution in [3.05, 3.63) is 74.3 Å². The number of carbonyl (C=O) groups is 1. The number of Topliss-reactive ketones (excluding diaryl/α,β-unsaturated/α-hetero) is 1. The average molecular weight is 366 g/mol. The molecule has 0 atom stereocenters. The molecule has 3 rings (SSSR count). The molecule has 0 aliphatic rings. The van der Waals surface area contributed by atoms with Gasteiger partial charge < -0.3 is 4.57 Å². The SMILES string of the molecule is Cc1ccccc1-n1c(C)cc(C(=O)Cn2nc(C)c([N+](=O)[O-])c2C)c1C. The second-order valence-corrected chi connectivity index (χ2v) is 6.76. The number of benzene rings is 1. The Morgan fingerprint density at radius 1 is 1.11 bits per heavy atom. The van der Waals surface area contributed by atoms with Gasteiger partial charge in [-0.25, -0.2) is 0 Å². The fourth-order valence-electron chi connectivity index (χ4n) is 3.56. The number of rotatable bonds is 5. The number of hydrogen-bond donors (Lipinski definition) is 0. The van der Waals surface area contributed by atoms with Crippen LogP contribution in [-0.2, 0) is 6.54 Å². The number of aryl methyl sites for hydroxylation is 3. The molecule has 0 aliphatic carbocycles. The number of ketones is 1. The van der Waals surface area contributed by atoms with E-state index in [1.807, 2.05) is 51.1 Å². The first-order valence-corrected chi connectivity index (χ1v) is 8.69. The lowest BCUT2D eigenvalue weighted by Crippen LogP contribution is -2.14. The van der Waals surface area contributed by atoms with Crippen LogP contribution in [0, 0.1) is 44.7 Å². The Kier molecular flexibility index (Phi) is 4.70. The Labute approximate surface area is 157 Å². The van der Waals surface area contributed by atoms with Crippen molar-refractivity contribution in [2.45, 2.75) is 41.2 Å². The van der Waals surface area contributed by atoms with E-state index >= 15 is 0 Å². The maximum Gasteiger partial charge on any atom is 0.312 e.